The summed E-state index contributed by atoms with van der Waals surface area (Å²) in [4.78, 5) is 11.1. The first-order chi connectivity index (χ1) is 7.99. The van der Waals surface area contributed by atoms with Crippen molar-refractivity contribution in [3.63, 3.8) is 0 Å². The van der Waals surface area contributed by atoms with Crippen LogP contribution in [0.5, 0.6) is 0 Å². The molecule has 0 spiro atoms. The molecule has 17 heavy (non-hydrogen) atoms. The zero-order chi connectivity index (χ0) is 12.9. The number of rotatable bonds is 5. The van der Waals surface area contributed by atoms with Crippen LogP contribution in [0.2, 0.25) is 0 Å². The lowest BCUT2D eigenvalue weighted by Crippen LogP contribution is -2.35. The summed E-state index contributed by atoms with van der Waals surface area (Å²) in [5.74, 6) is -0.388. The molecule has 0 atom stereocenters. The largest absolute Gasteiger partial charge is 0.388 e. The van der Waals surface area contributed by atoms with Crippen LogP contribution in [-0.2, 0) is 14.8 Å². The highest BCUT2D eigenvalue weighted by Crippen LogP contribution is 2.12. The van der Waals surface area contributed by atoms with E-state index in [1.807, 2.05) is 0 Å². The number of likely N-dealkylation sites (N-methyl/N-ethyl adjacent to an activating group) is 1. The number of carbonyl (C=O) groups is 1. The van der Waals surface area contributed by atoms with Crippen LogP contribution in [0.4, 0.5) is 5.69 Å². The molecule has 1 aromatic rings. The van der Waals surface area contributed by atoms with Crippen LogP contribution in [-0.4, -0.2) is 35.0 Å². The summed E-state index contributed by atoms with van der Waals surface area (Å²) in [5.41, 5.74) is 0.815. The molecule has 0 unspecified atom stereocenters. The van der Waals surface area contributed by atoms with Crippen LogP contribution < -0.4 is 15.4 Å². The predicted octanol–water partition coefficient (Wildman–Crippen LogP) is -0.247. The van der Waals surface area contributed by atoms with E-state index in [9.17, 15) is 13.2 Å². The third kappa shape index (κ3) is 3.72. The van der Waals surface area contributed by atoms with Gasteiger partial charge in [-0.25, -0.2) is 13.1 Å². The van der Waals surface area contributed by atoms with Gasteiger partial charge in [0.05, 0.1) is 11.4 Å². The highest BCUT2D eigenvalue weighted by Gasteiger charge is 2.14. The van der Waals surface area contributed by atoms with Crippen molar-refractivity contribution in [1.29, 1.82) is 0 Å². The Balaban J connectivity index is 2.78. The van der Waals surface area contributed by atoms with Crippen molar-refractivity contribution < 1.29 is 13.2 Å². The number of hydrogen-bond acceptors (Lipinski definition) is 4. The smallest absolute Gasteiger partial charge is 0.241 e. The second kappa shape index (κ2) is 5.65. The van der Waals surface area contributed by atoms with E-state index in [4.69, 9.17) is 0 Å². The first kappa shape index (κ1) is 13.5. The van der Waals surface area contributed by atoms with E-state index in [-0.39, 0.29) is 17.3 Å². The molecule has 0 radical (unpaired) electrons. The van der Waals surface area contributed by atoms with Crippen molar-refractivity contribution in [3.05, 3.63) is 24.3 Å². The summed E-state index contributed by atoms with van der Waals surface area (Å²) in [5, 5.41) is 5.22. The Morgan fingerprint density at radius 2 is 1.76 bits per heavy atom. The average molecular weight is 257 g/mol. The Kier molecular flexibility index (Phi) is 4.47. The maximum Gasteiger partial charge on any atom is 0.241 e. The Labute approximate surface area is 100 Å². The second-order valence-electron chi connectivity index (χ2n) is 3.27. The van der Waals surface area contributed by atoms with Crippen LogP contribution in [0.15, 0.2) is 29.2 Å². The molecule has 0 aromatic heterocycles. The first-order valence-electron chi connectivity index (χ1n) is 4.97. The van der Waals surface area contributed by atoms with Crippen molar-refractivity contribution in [3.8, 4) is 0 Å². The molecule has 0 bridgehead atoms. The Bertz CT molecular complexity index is 482. The SMILES string of the molecule is CNC(=O)CNS(=O)(=O)c1ccc(NC)cc1. The van der Waals surface area contributed by atoms with E-state index in [0.717, 1.165) is 5.69 Å². The quantitative estimate of drug-likeness (QED) is 0.679. The molecule has 3 N–H and O–H groups in total. The summed E-state index contributed by atoms with van der Waals surface area (Å²) in [6.07, 6.45) is 0. The lowest BCUT2D eigenvalue weighted by atomic mass is 10.3. The highest BCUT2D eigenvalue weighted by molar-refractivity contribution is 7.89. The minimum absolute atomic E-state index is 0.125. The Morgan fingerprint density at radius 3 is 2.24 bits per heavy atom. The van der Waals surface area contributed by atoms with E-state index < -0.39 is 10.0 Å². The number of amides is 1. The topological polar surface area (TPSA) is 87.3 Å². The molecule has 1 rings (SSSR count). The van der Waals surface area contributed by atoms with Gasteiger partial charge in [0.15, 0.2) is 0 Å². The van der Waals surface area contributed by atoms with Gasteiger partial charge in [-0.15, -0.1) is 0 Å². The summed E-state index contributed by atoms with van der Waals surface area (Å²) in [6, 6.07) is 6.24. The molecular weight excluding hydrogens is 242 g/mol. The van der Waals surface area contributed by atoms with Gasteiger partial charge in [0.1, 0.15) is 0 Å². The predicted molar refractivity (Wildman–Crippen MR) is 65.2 cm³/mol. The molecule has 0 saturated heterocycles. The molecule has 0 aliphatic heterocycles. The lowest BCUT2D eigenvalue weighted by Gasteiger charge is -2.06. The zero-order valence-electron chi connectivity index (χ0n) is 9.65. The minimum Gasteiger partial charge on any atom is -0.388 e. The number of hydrogen-bond donors (Lipinski definition) is 3. The van der Waals surface area contributed by atoms with Crippen LogP contribution in [0.1, 0.15) is 0 Å². The van der Waals surface area contributed by atoms with Crippen LogP contribution in [0, 0.1) is 0 Å². The molecule has 0 fully saturated rings. The van der Waals surface area contributed by atoms with Gasteiger partial charge >= 0.3 is 0 Å². The van der Waals surface area contributed by atoms with Crippen LogP contribution in [0.3, 0.4) is 0 Å². The normalized spacial score (nSPS) is 10.9. The van der Waals surface area contributed by atoms with Crippen molar-refractivity contribution in [2.24, 2.45) is 0 Å². The van der Waals surface area contributed by atoms with E-state index >= 15 is 0 Å². The third-order valence-electron chi connectivity index (χ3n) is 2.15. The maximum atomic E-state index is 11.7. The molecule has 0 aliphatic carbocycles. The summed E-state index contributed by atoms with van der Waals surface area (Å²) >= 11 is 0. The van der Waals surface area contributed by atoms with E-state index in [0.29, 0.717) is 0 Å². The monoisotopic (exact) mass is 257 g/mol. The number of carbonyl (C=O) groups excluding carboxylic acids is 1. The molecule has 1 aromatic carbocycles. The summed E-state index contributed by atoms with van der Waals surface area (Å²) < 4.78 is 25.7. The number of sulfonamides is 1. The Morgan fingerprint density at radius 1 is 1.18 bits per heavy atom. The molecule has 6 nitrogen and oxygen atoms in total. The van der Waals surface area contributed by atoms with Gasteiger partial charge in [-0.2, -0.15) is 0 Å². The molecule has 0 heterocycles. The average Bonchev–Trinajstić information content (AvgIpc) is 2.36. The fourth-order valence-corrected chi connectivity index (χ4v) is 2.12. The summed E-state index contributed by atoms with van der Waals surface area (Å²) in [6.45, 7) is -0.271. The summed E-state index contributed by atoms with van der Waals surface area (Å²) in [7, 11) is -0.443. The highest BCUT2D eigenvalue weighted by atomic mass is 32.2. The van der Waals surface area contributed by atoms with Crippen molar-refractivity contribution in [2.75, 3.05) is 26.0 Å². The van der Waals surface area contributed by atoms with Crippen molar-refractivity contribution in [2.45, 2.75) is 4.90 Å². The molecular formula is C10H15N3O3S. The van der Waals surface area contributed by atoms with Crippen molar-refractivity contribution >= 4 is 21.6 Å². The van der Waals surface area contributed by atoms with Gasteiger partial charge in [0, 0.05) is 19.8 Å². The van der Waals surface area contributed by atoms with Gasteiger partial charge in [-0.05, 0) is 24.3 Å². The number of anilines is 1. The third-order valence-corrected chi connectivity index (χ3v) is 3.57. The van der Waals surface area contributed by atoms with Crippen molar-refractivity contribution in [1.82, 2.24) is 10.0 Å². The van der Waals surface area contributed by atoms with Gasteiger partial charge in [-0.1, -0.05) is 0 Å². The number of nitrogens with one attached hydrogen (secondary N) is 3. The van der Waals surface area contributed by atoms with Gasteiger partial charge in [0.25, 0.3) is 0 Å². The fourth-order valence-electron chi connectivity index (χ4n) is 1.13. The fraction of sp³-hybridized carbons (Fsp3) is 0.300. The van der Waals surface area contributed by atoms with Gasteiger partial charge in [-0.3, -0.25) is 4.79 Å². The second-order valence-corrected chi connectivity index (χ2v) is 5.04. The lowest BCUT2D eigenvalue weighted by molar-refractivity contribution is -0.119. The van der Waals surface area contributed by atoms with Gasteiger partial charge in [0.2, 0.25) is 15.9 Å². The molecule has 94 valence electrons. The van der Waals surface area contributed by atoms with Crippen LogP contribution >= 0.6 is 0 Å². The number of benzene rings is 1. The van der Waals surface area contributed by atoms with E-state index in [1.54, 1.807) is 19.2 Å². The van der Waals surface area contributed by atoms with Crippen LogP contribution in [0.25, 0.3) is 0 Å². The molecule has 7 heteroatoms. The van der Waals surface area contributed by atoms with E-state index in [2.05, 4.69) is 15.4 Å². The maximum absolute atomic E-state index is 11.7. The Hall–Kier alpha value is -1.60. The molecule has 1 amide bonds. The van der Waals surface area contributed by atoms with Gasteiger partial charge < -0.3 is 10.6 Å². The minimum atomic E-state index is -3.63. The molecule has 0 aliphatic rings. The van der Waals surface area contributed by atoms with E-state index in [1.165, 1.54) is 19.2 Å². The zero-order valence-corrected chi connectivity index (χ0v) is 10.5. The molecule has 0 saturated carbocycles. The first-order valence-corrected chi connectivity index (χ1v) is 6.46. The standard InChI is InChI=1S/C10H15N3O3S/c1-11-8-3-5-9(6-4-8)17(15,16)13-7-10(14)12-2/h3-6,11,13H,7H2,1-2H3,(H,12,14).